The highest BCUT2D eigenvalue weighted by molar-refractivity contribution is 5.73. The number of cyclic esters (lactones) is 1. The Kier molecular flexibility index (Phi) is 3.43. The second-order valence-electron chi connectivity index (χ2n) is 4.44. The molecule has 1 atom stereocenters. The predicted octanol–water partition coefficient (Wildman–Crippen LogP) is 3.21. The minimum atomic E-state index is -0.200. The summed E-state index contributed by atoms with van der Waals surface area (Å²) in [6.45, 7) is 4.21. The molecule has 1 heterocycles. The molecule has 1 fully saturated rings. The van der Waals surface area contributed by atoms with Gasteiger partial charge in [-0.1, -0.05) is 48.6 Å². The first-order chi connectivity index (χ1) is 8.24. The SMILES string of the molecule is C=CC[C@@]1(/C=C/c2ccccc2)COC(=O)C1. The van der Waals surface area contributed by atoms with E-state index in [4.69, 9.17) is 4.74 Å². The van der Waals surface area contributed by atoms with E-state index in [-0.39, 0.29) is 11.4 Å². The molecule has 2 heteroatoms. The standard InChI is InChI=1S/C15H16O2/c1-2-9-15(11-14(16)17-12-15)10-8-13-6-4-3-5-7-13/h2-8,10H,1,9,11-12H2/b10-8+/t15-/m0/s1. The van der Waals surface area contributed by atoms with E-state index in [1.807, 2.05) is 42.5 Å². The van der Waals surface area contributed by atoms with Gasteiger partial charge in [0, 0.05) is 5.41 Å². The van der Waals surface area contributed by atoms with Crippen LogP contribution in [-0.2, 0) is 9.53 Å². The molecule has 0 spiro atoms. The van der Waals surface area contributed by atoms with Crippen molar-refractivity contribution in [3.63, 3.8) is 0 Å². The van der Waals surface area contributed by atoms with Crippen LogP contribution < -0.4 is 0 Å². The Morgan fingerprint density at radius 1 is 1.35 bits per heavy atom. The van der Waals surface area contributed by atoms with Crippen LogP contribution in [-0.4, -0.2) is 12.6 Å². The average molecular weight is 228 g/mol. The van der Waals surface area contributed by atoms with Gasteiger partial charge >= 0.3 is 5.97 Å². The highest BCUT2D eigenvalue weighted by Gasteiger charge is 2.36. The number of esters is 1. The molecule has 0 aromatic heterocycles. The molecule has 1 aliphatic heterocycles. The zero-order chi connectivity index (χ0) is 12.1. The lowest BCUT2D eigenvalue weighted by Crippen LogP contribution is -2.16. The summed E-state index contributed by atoms with van der Waals surface area (Å²) >= 11 is 0. The van der Waals surface area contributed by atoms with Crippen LogP contribution in [0.1, 0.15) is 18.4 Å². The van der Waals surface area contributed by atoms with Gasteiger partial charge in [0.05, 0.1) is 6.42 Å². The molecule has 1 aromatic rings. The maximum Gasteiger partial charge on any atom is 0.306 e. The highest BCUT2D eigenvalue weighted by Crippen LogP contribution is 2.35. The Balaban J connectivity index is 2.16. The van der Waals surface area contributed by atoms with Crippen LogP contribution in [0.15, 0.2) is 49.1 Å². The number of benzene rings is 1. The summed E-state index contributed by atoms with van der Waals surface area (Å²) in [5, 5.41) is 0. The Labute approximate surface area is 102 Å². The smallest absolute Gasteiger partial charge is 0.306 e. The Hall–Kier alpha value is -1.83. The van der Waals surface area contributed by atoms with E-state index in [1.165, 1.54) is 0 Å². The fraction of sp³-hybridized carbons (Fsp3) is 0.267. The lowest BCUT2D eigenvalue weighted by atomic mass is 9.83. The molecule has 2 nitrogen and oxygen atoms in total. The summed E-state index contributed by atoms with van der Waals surface area (Å²) in [5.41, 5.74) is 0.935. The van der Waals surface area contributed by atoms with Crippen molar-refractivity contribution in [2.45, 2.75) is 12.8 Å². The van der Waals surface area contributed by atoms with Crippen molar-refractivity contribution in [3.05, 3.63) is 54.6 Å². The van der Waals surface area contributed by atoms with E-state index in [9.17, 15) is 4.79 Å². The number of hydrogen-bond acceptors (Lipinski definition) is 2. The average Bonchev–Trinajstić information content (AvgIpc) is 2.71. The number of carbonyl (C=O) groups excluding carboxylic acids is 1. The predicted molar refractivity (Wildman–Crippen MR) is 68.3 cm³/mol. The minimum absolute atomic E-state index is 0.121. The largest absolute Gasteiger partial charge is 0.465 e. The van der Waals surface area contributed by atoms with Gasteiger partial charge in [-0.15, -0.1) is 6.58 Å². The lowest BCUT2D eigenvalue weighted by Gasteiger charge is -2.19. The van der Waals surface area contributed by atoms with Crippen molar-refractivity contribution in [1.29, 1.82) is 0 Å². The number of ether oxygens (including phenoxy) is 1. The first-order valence-corrected chi connectivity index (χ1v) is 5.75. The van der Waals surface area contributed by atoms with Crippen LogP contribution in [0.5, 0.6) is 0 Å². The highest BCUT2D eigenvalue weighted by atomic mass is 16.5. The summed E-state index contributed by atoms with van der Waals surface area (Å²) in [6.07, 6.45) is 7.18. The quantitative estimate of drug-likeness (QED) is 0.584. The molecule has 88 valence electrons. The van der Waals surface area contributed by atoms with E-state index in [2.05, 4.69) is 12.7 Å². The van der Waals surface area contributed by atoms with Gasteiger partial charge in [0.25, 0.3) is 0 Å². The van der Waals surface area contributed by atoms with Crippen molar-refractivity contribution < 1.29 is 9.53 Å². The maximum absolute atomic E-state index is 11.3. The van der Waals surface area contributed by atoms with Gasteiger partial charge < -0.3 is 4.74 Å². The molecule has 17 heavy (non-hydrogen) atoms. The Bertz CT molecular complexity index is 433. The molecule has 0 radical (unpaired) electrons. The monoisotopic (exact) mass is 228 g/mol. The molecule has 0 amide bonds. The lowest BCUT2D eigenvalue weighted by molar-refractivity contribution is -0.137. The van der Waals surface area contributed by atoms with Crippen LogP contribution in [0.25, 0.3) is 6.08 Å². The third-order valence-corrected chi connectivity index (χ3v) is 3.00. The van der Waals surface area contributed by atoms with Crippen molar-refractivity contribution in [2.75, 3.05) is 6.61 Å². The zero-order valence-corrected chi connectivity index (χ0v) is 9.76. The maximum atomic E-state index is 11.3. The molecule has 1 saturated heterocycles. The summed E-state index contributed by atoms with van der Waals surface area (Å²) in [7, 11) is 0. The van der Waals surface area contributed by atoms with Gasteiger partial charge in [0.15, 0.2) is 0 Å². The molecule has 2 rings (SSSR count). The summed E-state index contributed by atoms with van der Waals surface area (Å²) in [6, 6.07) is 10.1. The van der Waals surface area contributed by atoms with Crippen LogP contribution in [0.2, 0.25) is 0 Å². The van der Waals surface area contributed by atoms with Crippen LogP contribution in [0, 0.1) is 5.41 Å². The second-order valence-corrected chi connectivity index (χ2v) is 4.44. The molecule has 0 aliphatic carbocycles. The number of hydrogen-bond donors (Lipinski definition) is 0. The first kappa shape index (κ1) is 11.6. The first-order valence-electron chi connectivity index (χ1n) is 5.75. The van der Waals surface area contributed by atoms with Crippen molar-refractivity contribution in [1.82, 2.24) is 0 Å². The van der Waals surface area contributed by atoms with Crippen LogP contribution >= 0.6 is 0 Å². The zero-order valence-electron chi connectivity index (χ0n) is 9.76. The molecule has 0 bridgehead atoms. The van der Waals surface area contributed by atoms with Crippen LogP contribution in [0.3, 0.4) is 0 Å². The molecular weight excluding hydrogens is 212 g/mol. The number of carbonyl (C=O) groups is 1. The van der Waals surface area contributed by atoms with Crippen LogP contribution in [0.4, 0.5) is 0 Å². The third kappa shape index (κ3) is 2.84. The molecule has 0 saturated carbocycles. The second kappa shape index (κ2) is 5.00. The molecular formula is C15H16O2. The van der Waals surface area contributed by atoms with Gasteiger partial charge in [-0.2, -0.15) is 0 Å². The molecule has 1 aliphatic rings. The van der Waals surface area contributed by atoms with Gasteiger partial charge in [-0.05, 0) is 12.0 Å². The number of allylic oxidation sites excluding steroid dienone is 1. The van der Waals surface area contributed by atoms with Crippen molar-refractivity contribution >= 4 is 12.0 Å². The number of rotatable bonds is 4. The third-order valence-electron chi connectivity index (χ3n) is 3.00. The Morgan fingerprint density at radius 2 is 2.12 bits per heavy atom. The van der Waals surface area contributed by atoms with E-state index >= 15 is 0 Å². The van der Waals surface area contributed by atoms with Crippen molar-refractivity contribution in [3.8, 4) is 0 Å². The summed E-state index contributed by atoms with van der Waals surface area (Å²) in [4.78, 5) is 11.3. The molecule has 0 N–H and O–H groups in total. The minimum Gasteiger partial charge on any atom is -0.465 e. The van der Waals surface area contributed by atoms with Crippen molar-refractivity contribution in [2.24, 2.45) is 5.41 Å². The van der Waals surface area contributed by atoms with E-state index < -0.39 is 0 Å². The Morgan fingerprint density at radius 3 is 2.71 bits per heavy atom. The van der Waals surface area contributed by atoms with E-state index in [0.29, 0.717) is 13.0 Å². The van der Waals surface area contributed by atoms with E-state index in [0.717, 1.165) is 12.0 Å². The molecule has 1 aromatic carbocycles. The van der Waals surface area contributed by atoms with Gasteiger partial charge in [0.2, 0.25) is 0 Å². The fourth-order valence-corrected chi connectivity index (χ4v) is 2.04. The molecule has 0 unspecified atom stereocenters. The summed E-state index contributed by atoms with van der Waals surface area (Å²) < 4.78 is 5.07. The normalized spacial score (nSPS) is 23.9. The van der Waals surface area contributed by atoms with Gasteiger partial charge in [-0.25, -0.2) is 0 Å². The van der Waals surface area contributed by atoms with Gasteiger partial charge in [-0.3, -0.25) is 4.79 Å². The van der Waals surface area contributed by atoms with E-state index in [1.54, 1.807) is 0 Å². The summed E-state index contributed by atoms with van der Waals surface area (Å²) in [5.74, 6) is -0.121. The fourth-order valence-electron chi connectivity index (χ4n) is 2.04. The van der Waals surface area contributed by atoms with Gasteiger partial charge in [0.1, 0.15) is 6.61 Å². The topological polar surface area (TPSA) is 26.3 Å².